The number of aromatic amines is 1. The van der Waals surface area contributed by atoms with E-state index < -0.39 is 0 Å². The van der Waals surface area contributed by atoms with Gasteiger partial charge in [0.15, 0.2) is 11.5 Å². The van der Waals surface area contributed by atoms with Crippen molar-refractivity contribution in [2.75, 3.05) is 26.6 Å². The molecule has 6 nitrogen and oxygen atoms in total. The number of amides is 1. The van der Waals surface area contributed by atoms with Gasteiger partial charge in [-0.2, -0.15) is 0 Å². The summed E-state index contributed by atoms with van der Waals surface area (Å²) in [6.07, 6.45) is 1.68. The first kappa shape index (κ1) is 15.2. The molecule has 0 aliphatic rings. The van der Waals surface area contributed by atoms with Gasteiger partial charge in [0.05, 0.1) is 21.3 Å². The second-order valence-electron chi connectivity index (χ2n) is 4.10. The molecule has 1 amide bonds. The Hall–Kier alpha value is -2.15. The summed E-state index contributed by atoms with van der Waals surface area (Å²) in [7, 11) is 4.56. The summed E-state index contributed by atoms with van der Waals surface area (Å²) in [5.41, 5.74) is 0.982. The minimum atomic E-state index is -0.269. The standard InChI is InChI=1S/C14H15BrN2O4/c1-19-11-5-9(6-12(20-2)13(11)21-3)17-14(18)10-4-8(15)7-16-10/h4-7,16H,1-3H3,(H,17,18). The molecular weight excluding hydrogens is 340 g/mol. The molecule has 0 unspecified atom stereocenters. The van der Waals surface area contributed by atoms with Gasteiger partial charge in [-0.1, -0.05) is 0 Å². The van der Waals surface area contributed by atoms with Crippen LogP contribution in [0.1, 0.15) is 10.5 Å². The van der Waals surface area contributed by atoms with Crippen molar-refractivity contribution < 1.29 is 19.0 Å². The van der Waals surface area contributed by atoms with Crippen molar-refractivity contribution in [2.24, 2.45) is 0 Å². The van der Waals surface area contributed by atoms with E-state index >= 15 is 0 Å². The molecule has 112 valence electrons. The van der Waals surface area contributed by atoms with Crippen LogP contribution in [0, 0.1) is 0 Å². The minimum absolute atomic E-state index is 0.269. The summed E-state index contributed by atoms with van der Waals surface area (Å²) in [5.74, 6) is 1.15. The van der Waals surface area contributed by atoms with Gasteiger partial charge in [-0.15, -0.1) is 0 Å². The third kappa shape index (κ3) is 3.30. The average Bonchev–Trinajstić information content (AvgIpc) is 2.92. The van der Waals surface area contributed by atoms with Gasteiger partial charge in [-0.3, -0.25) is 4.79 Å². The highest BCUT2D eigenvalue weighted by atomic mass is 79.9. The summed E-state index contributed by atoms with van der Waals surface area (Å²) in [5, 5.41) is 2.77. The predicted molar refractivity (Wildman–Crippen MR) is 82.5 cm³/mol. The fraction of sp³-hybridized carbons (Fsp3) is 0.214. The van der Waals surface area contributed by atoms with Crippen molar-refractivity contribution in [2.45, 2.75) is 0 Å². The molecule has 2 aromatic rings. The Kier molecular flexibility index (Phi) is 4.74. The Bertz CT molecular complexity index is 629. The maximum absolute atomic E-state index is 12.1. The molecule has 2 N–H and O–H groups in total. The minimum Gasteiger partial charge on any atom is -0.493 e. The number of hydrogen-bond acceptors (Lipinski definition) is 4. The molecule has 0 radical (unpaired) electrons. The lowest BCUT2D eigenvalue weighted by atomic mass is 10.2. The van der Waals surface area contributed by atoms with Crippen molar-refractivity contribution in [1.29, 1.82) is 0 Å². The van der Waals surface area contributed by atoms with Gasteiger partial charge in [0, 0.05) is 28.5 Å². The van der Waals surface area contributed by atoms with Crippen LogP contribution < -0.4 is 19.5 Å². The average molecular weight is 355 g/mol. The number of H-pyrrole nitrogens is 1. The Morgan fingerprint density at radius 2 is 1.71 bits per heavy atom. The number of methoxy groups -OCH3 is 3. The lowest BCUT2D eigenvalue weighted by Crippen LogP contribution is -2.12. The topological polar surface area (TPSA) is 72.6 Å². The van der Waals surface area contributed by atoms with E-state index in [0.29, 0.717) is 28.6 Å². The molecule has 7 heteroatoms. The lowest BCUT2D eigenvalue weighted by Gasteiger charge is -2.14. The number of hydrogen-bond donors (Lipinski definition) is 2. The smallest absolute Gasteiger partial charge is 0.272 e. The zero-order chi connectivity index (χ0) is 15.4. The third-order valence-corrected chi connectivity index (χ3v) is 3.27. The van der Waals surface area contributed by atoms with Crippen LogP contribution >= 0.6 is 15.9 Å². The first-order valence-electron chi connectivity index (χ1n) is 6.04. The highest BCUT2D eigenvalue weighted by Gasteiger charge is 2.15. The van der Waals surface area contributed by atoms with E-state index in [1.54, 1.807) is 24.4 Å². The monoisotopic (exact) mass is 354 g/mol. The summed E-state index contributed by atoms with van der Waals surface area (Å²) in [6.45, 7) is 0. The highest BCUT2D eigenvalue weighted by Crippen LogP contribution is 2.39. The highest BCUT2D eigenvalue weighted by molar-refractivity contribution is 9.10. The molecule has 0 fully saturated rings. The number of benzene rings is 1. The molecule has 21 heavy (non-hydrogen) atoms. The zero-order valence-electron chi connectivity index (χ0n) is 11.8. The Balaban J connectivity index is 2.29. The molecule has 0 bridgehead atoms. The molecule has 1 heterocycles. The van der Waals surface area contributed by atoms with Crippen LogP contribution in [0.15, 0.2) is 28.9 Å². The van der Waals surface area contributed by atoms with Crippen molar-refractivity contribution in [3.8, 4) is 17.2 Å². The number of nitrogens with one attached hydrogen (secondary N) is 2. The molecule has 0 saturated heterocycles. The Morgan fingerprint density at radius 1 is 1.10 bits per heavy atom. The van der Waals surface area contributed by atoms with Crippen molar-refractivity contribution >= 4 is 27.5 Å². The number of rotatable bonds is 5. The fourth-order valence-corrected chi connectivity index (χ4v) is 2.19. The molecule has 0 spiro atoms. The molecule has 2 rings (SSSR count). The van der Waals surface area contributed by atoms with Gasteiger partial charge in [0.25, 0.3) is 5.91 Å². The van der Waals surface area contributed by atoms with Crippen molar-refractivity contribution in [1.82, 2.24) is 4.98 Å². The zero-order valence-corrected chi connectivity index (χ0v) is 13.4. The third-order valence-electron chi connectivity index (χ3n) is 2.82. The summed E-state index contributed by atoms with van der Waals surface area (Å²) in [6, 6.07) is 5.02. The van der Waals surface area contributed by atoms with Crippen molar-refractivity contribution in [3.63, 3.8) is 0 Å². The maximum atomic E-state index is 12.1. The number of carbonyl (C=O) groups is 1. The second kappa shape index (κ2) is 6.53. The second-order valence-corrected chi connectivity index (χ2v) is 5.02. The summed E-state index contributed by atoms with van der Waals surface area (Å²) >= 11 is 3.28. The van der Waals surface area contributed by atoms with Gasteiger partial charge in [0.1, 0.15) is 5.69 Å². The van der Waals surface area contributed by atoms with Crippen LogP contribution in [0.3, 0.4) is 0 Å². The Labute approximate surface area is 130 Å². The summed E-state index contributed by atoms with van der Waals surface area (Å²) < 4.78 is 16.5. The van der Waals surface area contributed by atoms with Crippen LogP contribution in [-0.2, 0) is 0 Å². The van der Waals surface area contributed by atoms with E-state index in [0.717, 1.165) is 4.47 Å². The van der Waals surface area contributed by atoms with E-state index in [4.69, 9.17) is 14.2 Å². The molecular formula is C14H15BrN2O4. The number of aromatic nitrogens is 1. The van der Waals surface area contributed by atoms with E-state index in [2.05, 4.69) is 26.2 Å². The Morgan fingerprint density at radius 3 is 2.14 bits per heavy atom. The quantitative estimate of drug-likeness (QED) is 0.865. The van der Waals surface area contributed by atoms with Crippen LogP contribution in [-0.4, -0.2) is 32.2 Å². The molecule has 0 atom stereocenters. The van der Waals surface area contributed by atoms with Crippen LogP contribution in [0.4, 0.5) is 5.69 Å². The number of ether oxygens (including phenoxy) is 3. The number of anilines is 1. The first-order chi connectivity index (χ1) is 10.1. The van der Waals surface area contributed by atoms with Gasteiger partial charge >= 0.3 is 0 Å². The molecule has 0 aliphatic carbocycles. The van der Waals surface area contributed by atoms with E-state index in [1.807, 2.05) is 0 Å². The molecule has 1 aromatic heterocycles. The van der Waals surface area contributed by atoms with Gasteiger partial charge in [-0.25, -0.2) is 0 Å². The number of carbonyl (C=O) groups excluding carboxylic acids is 1. The number of halogens is 1. The fourth-order valence-electron chi connectivity index (χ4n) is 1.85. The van der Waals surface area contributed by atoms with Crippen molar-refractivity contribution in [3.05, 3.63) is 34.6 Å². The largest absolute Gasteiger partial charge is 0.493 e. The van der Waals surface area contributed by atoms with E-state index in [9.17, 15) is 4.79 Å². The normalized spacial score (nSPS) is 10.1. The molecule has 1 aromatic carbocycles. The maximum Gasteiger partial charge on any atom is 0.272 e. The summed E-state index contributed by atoms with van der Waals surface area (Å²) in [4.78, 5) is 15.0. The van der Waals surface area contributed by atoms with Crippen LogP contribution in [0.5, 0.6) is 17.2 Å². The van der Waals surface area contributed by atoms with E-state index in [1.165, 1.54) is 21.3 Å². The molecule has 0 saturated carbocycles. The predicted octanol–water partition coefficient (Wildman–Crippen LogP) is 3.06. The van der Waals surface area contributed by atoms with E-state index in [-0.39, 0.29) is 5.91 Å². The van der Waals surface area contributed by atoms with Gasteiger partial charge < -0.3 is 24.5 Å². The first-order valence-corrected chi connectivity index (χ1v) is 6.83. The van der Waals surface area contributed by atoms with Crippen LogP contribution in [0.25, 0.3) is 0 Å². The van der Waals surface area contributed by atoms with Gasteiger partial charge in [-0.05, 0) is 22.0 Å². The SMILES string of the molecule is COc1cc(NC(=O)c2cc(Br)c[nH]2)cc(OC)c1OC. The molecule has 0 aliphatic heterocycles. The van der Waals surface area contributed by atoms with Crippen LogP contribution in [0.2, 0.25) is 0 Å². The lowest BCUT2D eigenvalue weighted by molar-refractivity contribution is 0.102. The van der Waals surface area contributed by atoms with Gasteiger partial charge in [0.2, 0.25) is 5.75 Å².